The Morgan fingerprint density at radius 2 is 1.65 bits per heavy atom. The number of ether oxygens (including phenoxy) is 2. The maximum atomic E-state index is 12.3. The molecule has 1 aromatic rings. The summed E-state index contributed by atoms with van der Waals surface area (Å²) in [5.74, 6) is -1.34. The second-order valence-corrected chi connectivity index (χ2v) is 4.64. The van der Waals surface area contributed by atoms with Crippen molar-refractivity contribution in [2.24, 2.45) is 0 Å². The molecule has 0 unspecified atom stereocenters. The SMILES string of the molecule is CC(=O)OCC1(COC(C)=O)C(=O)Nc2ccccc21. The van der Waals surface area contributed by atoms with Gasteiger partial charge in [-0.15, -0.1) is 0 Å². The summed E-state index contributed by atoms with van der Waals surface area (Å²) in [6.45, 7) is 2.19. The molecule has 1 heterocycles. The number of fused-ring (bicyclic) bond motifs is 1. The molecule has 0 saturated carbocycles. The van der Waals surface area contributed by atoms with Crippen LogP contribution in [0, 0.1) is 0 Å². The summed E-state index contributed by atoms with van der Waals surface area (Å²) in [4.78, 5) is 34.4. The maximum Gasteiger partial charge on any atom is 0.302 e. The van der Waals surface area contributed by atoms with Gasteiger partial charge in [0.05, 0.1) is 0 Å². The van der Waals surface area contributed by atoms with E-state index in [-0.39, 0.29) is 19.1 Å². The highest BCUT2D eigenvalue weighted by Crippen LogP contribution is 2.38. The fourth-order valence-electron chi connectivity index (χ4n) is 2.15. The number of carbonyl (C=O) groups excluding carboxylic acids is 3. The highest BCUT2D eigenvalue weighted by Gasteiger charge is 2.49. The van der Waals surface area contributed by atoms with Gasteiger partial charge in [0.25, 0.3) is 0 Å². The van der Waals surface area contributed by atoms with Gasteiger partial charge in [0.15, 0.2) is 0 Å². The van der Waals surface area contributed by atoms with Gasteiger partial charge in [-0.25, -0.2) is 0 Å². The van der Waals surface area contributed by atoms with Crippen LogP contribution in [-0.4, -0.2) is 31.1 Å². The average Bonchev–Trinajstić information content (AvgIpc) is 2.67. The van der Waals surface area contributed by atoms with Crippen molar-refractivity contribution in [3.63, 3.8) is 0 Å². The lowest BCUT2D eigenvalue weighted by atomic mass is 9.83. The maximum absolute atomic E-state index is 12.3. The van der Waals surface area contributed by atoms with E-state index in [1.54, 1.807) is 24.3 Å². The Morgan fingerprint density at radius 1 is 1.10 bits per heavy atom. The first-order chi connectivity index (χ1) is 9.45. The van der Waals surface area contributed by atoms with E-state index in [2.05, 4.69) is 5.32 Å². The number of nitrogens with one attached hydrogen (secondary N) is 1. The number of carbonyl (C=O) groups is 3. The Hall–Kier alpha value is -2.37. The highest BCUT2D eigenvalue weighted by atomic mass is 16.5. The van der Waals surface area contributed by atoms with Crippen molar-refractivity contribution in [2.75, 3.05) is 18.5 Å². The summed E-state index contributed by atoms with van der Waals surface area (Å²) in [7, 11) is 0. The number of hydrogen-bond donors (Lipinski definition) is 1. The lowest BCUT2D eigenvalue weighted by Crippen LogP contribution is -2.44. The van der Waals surface area contributed by atoms with Crippen LogP contribution in [0.25, 0.3) is 0 Å². The summed E-state index contributed by atoms with van der Waals surface area (Å²) in [6.07, 6.45) is 0. The van der Waals surface area contributed by atoms with Gasteiger partial charge in [-0.1, -0.05) is 18.2 Å². The molecule has 2 rings (SSSR count). The first-order valence-corrected chi connectivity index (χ1v) is 6.13. The molecule has 0 aliphatic carbocycles. The summed E-state index contributed by atoms with van der Waals surface area (Å²) >= 11 is 0. The van der Waals surface area contributed by atoms with E-state index in [9.17, 15) is 14.4 Å². The van der Waals surface area contributed by atoms with Gasteiger partial charge in [0.1, 0.15) is 18.6 Å². The van der Waals surface area contributed by atoms with E-state index >= 15 is 0 Å². The molecule has 1 amide bonds. The van der Waals surface area contributed by atoms with E-state index in [4.69, 9.17) is 9.47 Å². The molecule has 0 atom stereocenters. The zero-order chi connectivity index (χ0) is 14.8. The third-order valence-corrected chi connectivity index (χ3v) is 3.17. The van der Waals surface area contributed by atoms with Crippen LogP contribution in [-0.2, 0) is 29.3 Å². The zero-order valence-corrected chi connectivity index (χ0v) is 11.3. The smallest absolute Gasteiger partial charge is 0.302 e. The number of hydrogen-bond acceptors (Lipinski definition) is 5. The molecule has 1 N–H and O–H groups in total. The van der Waals surface area contributed by atoms with Crippen molar-refractivity contribution in [1.29, 1.82) is 0 Å². The van der Waals surface area contributed by atoms with Crippen LogP contribution < -0.4 is 5.32 Å². The van der Waals surface area contributed by atoms with E-state index in [1.807, 2.05) is 0 Å². The van der Waals surface area contributed by atoms with Crippen LogP contribution in [0.1, 0.15) is 19.4 Å². The number of amides is 1. The Morgan fingerprint density at radius 3 is 2.20 bits per heavy atom. The molecule has 0 radical (unpaired) electrons. The fraction of sp³-hybridized carbons (Fsp3) is 0.357. The molecular formula is C14H15NO5. The Bertz CT molecular complexity index is 548. The largest absolute Gasteiger partial charge is 0.464 e. The standard InChI is InChI=1S/C14H15NO5/c1-9(16)19-7-14(8-20-10(2)17)11-5-3-4-6-12(11)15-13(14)18/h3-6H,7-8H2,1-2H3,(H,15,18). The van der Waals surface area contributed by atoms with Gasteiger partial charge in [0, 0.05) is 19.5 Å². The molecule has 0 saturated heterocycles. The summed E-state index contributed by atoms with van der Waals surface area (Å²) in [6, 6.07) is 7.05. The van der Waals surface area contributed by atoms with E-state index in [0.29, 0.717) is 11.3 Å². The lowest BCUT2D eigenvalue weighted by Gasteiger charge is -2.26. The number of benzene rings is 1. The second-order valence-electron chi connectivity index (χ2n) is 4.64. The van der Waals surface area contributed by atoms with Crippen molar-refractivity contribution < 1.29 is 23.9 Å². The number of rotatable bonds is 4. The normalized spacial score (nSPS) is 15.2. The first kappa shape index (κ1) is 14.0. The first-order valence-electron chi connectivity index (χ1n) is 6.13. The average molecular weight is 277 g/mol. The van der Waals surface area contributed by atoms with Crippen LogP contribution in [0.4, 0.5) is 5.69 Å². The number of esters is 2. The molecule has 1 aliphatic heterocycles. The summed E-state index contributed by atoms with van der Waals surface area (Å²) in [5, 5.41) is 2.71. The molecule has 106 valence electrons. The van der Waals surface area contributed by atoms with E-state index in [1.165, 1.54) is 13.8 Å². The van der Waals surface area contributed by atoms with Crippen molar-refractivity contribution >= 4 is 23.5 Å². The molecule has 6 heteroatoms. The van der Waals surface area contributed by atoms with Gasteiger partial charge in [-0.3, -0.25) is 14.4 Å². The predicted molar refractivity (Wildman–Crippen MR) is 70.0 cm³/mol. The molecule has 0 bridgehead atoms. The topological polar surface area (TPSA) is 81.7 Å². The minimum Gasteiger partial charge on any atom is -0.464 e. The molecule has 0 aromatic heterocycles. The van der Waals surface area contributed by atoms with Crippen molar-refractivity contribution in [1.82, 2.24) is 0 Å². The van der Waals surface area contributed by atoms with Gasteiger partial charge in [0.2, 0.25) is 5.91 Å². The zero-order valence-electron chi connectivity index (χ0n) is 11.3. The summed E-state index contributed by atoms with van der Waals surface area (Å²) < 4.78 is 10.00. The molecule has 6 nitrogen and oxygen atoms in total. The van der Waals surface area contributed by atoms with Crippen molar-refractivity contribution in [3.8, 4) is 0 Å². The minimum atomic E-state index is -1.19. The quantitative estimate of drug-likeness (QED) is 0.830. The van der Waals surface area contributed by atoms with Gasteiger partial charge >= 0.3 is 11.9 Å². The fourth-order valence-corrected chi connectivity index (χ4v) is 2.15. The van der Waals surface area contributed by atoms with E-state index < -0.39 is 17.4 Å². The molecule has 1 aliphatic rings. The van der Waals surface area contributed by atoms with Crippen LogP contribution in [0.2, 0.25) is 0 Å². The third kappa shape index (κ3) is 2.49. The molecule has 20 heavy (non-hydrogen) atoms. The van der Waals surface area contributed by atoms with Gasteiger partial charge < -0.3 is 14.8 Å². The van der Waals surface area contributed by atoms with Crippen LogP contribution in [0.5, 0.6) is 0 Å². The van der Waals surface area contributed by atoms with Crippen LogP contribution in [0.3, 0.4) is 0 Å². The highest BCUT2D eigenvalue weighted by molar-refractivity contribution is 6.06. The van der Waals surface area contributed by atoms with Crippen LogP contribution >= 0.6 is 0 Å². The lowest BCUT2D eigenvalue weighted by molar-refractivity contribution is -0.149. The minimum absolute atomic E-state index is 0.168. The second kappa shape index (κ2) is 5.32. The van der Waals surface area contributed by atoms with Crippen molar-refractivity contribution in [3.05, 3.63) is 29.8 Å². The Kier molecular flexibility index (Phi) is 3.74. The van der Waals surface area contributed by atoms with Gasteiger partial charge in [-0.2, -0.15) is 0 Å². The van der Waals surface area contributed by atoms with E-state index in [0.717, 1.165) is 0 Å². The monoisotopic (exact) mass is 277 g/mol. The van der Waals surface area contributed by atoms with Gasteiger partial charge in [-0.05, 0) is 11.6 Å². The van der Waals surface area contributed by atoms with Crippen LogP contribution in [0.15, 0.2) is 24.3 Å². The van der Waals surface area contributed by atoms with Crippen molar-refractivity contribution in [2.45, 2.75) is 19.3 Å². The summed E-state index contributed by atoms with van der Waals surface area (Å²) in [5.41, 5.74) is 0.109. The molecule has 0 fully saturated rings. The Labute approximate surface area is 116 Å². The number of anilines is 1. The third-order valence-electron chi connectivity index (χ3n) is 3.17. The predicted octanol–water partition coefficient (Wildman–Crippen LogP) is 1.00. The molecule has 1 aromatic carbocycles. The molecule has 0 spiro atoms. The molecular weight excluding hydrogens is 262 g/mol. The Balaban J connectivity index is 2.37. The number of para-hydroxylation sites is 1.